The van der Waals surface area contributed by atoms with Crippen molar-refractivity contribution in [3.05, 3.63) is 28.7 Å². The zero-order valence-corrected chi connectivity index (χ0v) is 12.8. The first-order chi connectivity index (χ1) is 9.11. The van der Waals surface area contributed by atoms with E-state index in [1.54, 1.807) is 6.92 Å². The van der Waals surface area contributed by atoms with Crippen LogP contribution in [0.25, 0.3) is 0 Å². The number of rotatable bonds is 3. The summed E-state index contributed by atoms with van der Waals surface area (Å²) in [6, 6.07) is 8.54. The van der Waals surface area contributed by atoms with Crippen LogP contribution in [0.4, 0.5) is 10.1 Å². The second-order valence-corrected chi connectivity index (χ2v) is 6.82. The molecular formula is C15H20BrFN2. The van der Waals surface area contributed by atoms with Crippen molar-refractivity contribution in [3.8, 4) is 0 Å². The van der Waals surface area contributed by atoms with E-state index in [4.69, 9.17) is 0 Å². The first-order valence-electron chi connectivity index (χ1n) is 6.99. The fourth-order valence-corrected chi connectivity index (χ4v) is 3.72. The van der Waals surface area contributed by atoms with Crippen LogP contribution >= 0.6 is 15.9 Å². The summed E-state index contributed by atoms with van der Waals surface area (Å²) in [5, 5.41) is 0. The number of nitrogens with zero attached hydrogens (tertiary/aromatic N) is 2. The molecule has 19 heavy (non-hydrogen) atoms. The highest BCUT2D eigenvalue weighted by molar-refractivity contribution is 9.10. The van der Waals surface area contributed by atoms with Gasteiger partial charge in [-0.3, -0.25) is 4.90 Å². The standard InChI is InChI=1S/C15H20BrFN2/c1-11(17)6-18-7-12-9-19(10-13(12)8-18)15-4-2-14(16)3-5-15/h2-5,11-13H,6-10H2,1H3. The van der Waals surface area contributed by atoms with Gasteiger partial charge < -0.3 is 4.90 Å². The van der Waals surface area contributed by atoms with Gasteiger partial charge in [0.1, 0.15) is 6.17 Å². The van der Waals surface area contributed by atoms with Crippen molar-refractivity contribution in [2.75, 3.05) is 37.6 Å². The van der Waals surface area contributed by atoms with Crippen molar-refractivity contribution < 1.29 is 4.39 Å². The maximum atomic E-state index is 13.1. The molecule has 2 fully saturated rings. The molecule has 3 atom stereocenters. The molecule has 0 bridgehead atoms. The number of alkyl halides is 1. The number of hydrogen-bond acceptors (Lipinski definition) is 2. The van der Waals surface area contributed by atoms with Crippen LogP contribution in [0.15, 0.2) is 28.7 Å². The van der Waals surface area contributed by atoms with Gasteiger partial charge in [0.2, 0.25) is 0 Å². The van der Waals surface area contributed by atoms with E-state index >= 15 is 0 Å². The van der Waals surface area contributed by atoms with Crippen LogP contribution in [-0.4, -0.2) is 43.8 Å². The van der Waals surface area contributed by atoms with Gasteiger partial charge >= 0.3 is 0 Å². The number of likely N-dealkylation sites (tertiary alicyclic amines) is 1. The fraction of sp³-hybridized carbons (Fsp3) is 0.600. The second kappa shape index (κ2) is 5.41. The van der Waals surface area contributed by atoms with E-state index in [-0.39, 0.29) is 0 Å². The van der Waals surface area contributed by atoms with E-state index in [2.05, 4.69) is 50.0 Å². The van der Waals surface area contributed by atoms with E-state index in [0.29, 0.717) is 18.4 Å². The van der Waals surface area contributed by atoms with Gasteiger partial charge in [-0.25, -0.2) is 4.39 Å². The molecule has 3 unspecified atom stereocenters. The van der Waals surface area contributed by atoms with E-state index in [9.17, 15) is 4.39 Å². The minimum absolute atomic E-state index is 0.602. The quantitative estimate of drug-likeness (QED) is 0.841. The van der Waals surface area contributed by atoms with E-state index < -0.39 is 6.17 Å². The van der Waals surface area contributed by atoms with Crippen LogP contribution < -0.4 is 4.90 Å². The molecule has 0 spiro atoms. The molecule has 3 rings (SSSR count). The summed E-state index contributed by atoms with van der Waals surface area (Å²) < 4.78 is 14.2. The summed E-state index contributed by atoms with van der Waals surface area (Å²) in [7, 11) is 0. The number of halogens is 2. The van der Waals surface area contributed by atoms with Gasteiger partial charge in [-0.15, -0.1) is 0 Å². The molecule has 104 valence electrons. The topological polar surface area (TPSA) is 6.48 Å². The lowest BCUT2D eigenvalue weighted by molar-refractivity contribution is 0.225. The Balaban J connectivity index is 1.60. The molecule has 2 aliphatic heterocycles. The normalized spacial score (nSPS) is 28.7. The van der Waals surface area contributed by atoms with Gasteiger partial charge in [0.25, 0.3) is 0 Å². The van der Waals surface area contributed by atoms with Crippen LogP contribution in [0.3, 0.4) is 0 Å². The van der Waals surface area contributed by atoms with Gasteiger partial charge in [-0.05, 0) is 43.0 Å². The molecule has 0 aromatic heterocycles. The molecule has 1 aromatic rings. The molecule has 2 heterocycles. The van der Waals surface area contributed by atoms with Gasteiger partial charge in [0.15, 0.2) is 0 Å². The van der Waals surface area contributed by atoms with Gasteiger partial charge in [-0.2, -0.15) is 0 Å². The zero-order chi connectivity index (χ0) is 13.4. The van der Waals surface area contributed by atoms with Gasteiger partial charge in [0.05, 0.1) is 0 Å². The smallest absolute Gasteiger partial charge is 0.110 e. The molecule has 2 aliphatic rings. The summed E-state index contributed by atoms with van der Waals surface area (Å²) in [5.74, 6) is 1.42. The molecule has 2 saturated heterocycles. The van der Waals surface area contributed by atoms with Crippen LogP contribution in [0.2, 0.25) is 0 Å². The minimum atomic E-state index is -0.707. The van der Waals surface area contributed by atoms with Crippen molar-refractivity contribution in [2.24, 2.45) is 11.8 Å². The average molecular weight is 327 g/mol. The maximum absolute atomic E-state index is 13.1. The first-order valence-corrected chi connectivity index (χ1v) is 7.78. The summed E-state index contributed by atoms with van der Waals surface area (Å²) in [5.41, 5.74) is 1.31. The molecule has 4 heteroatoms. The Bertz CT molecular complexity index is 420. The van der Waals surface area contributed by atoms with Crippen molar-refractivity contribution in [2.45, 2.75) is 13.1 Å². The van der Waals surface area contributed by atoms with Crippen molar-refractivity contribution in [3.63, 3.8) is 0 Å². The van der Waals surface area contributed by atoms with Gasteiger partial charge in [-0.1, -0.05) is 15.9 Å². The summed E-state index contributed by atoms with van der Waals surface area (Å²) >= 11 is 3.47. The number of benzene rings is 1. The fourth-order valence-electron chi connectivity index (χ4n) is 3.46. The van der Waals surface area contributed by atoms with Crippen LogP contribution in [0.5, 0.6) is 0 Å². The summed E-state index contributed by atoms with van der Waals surface area (Å²) in [6.45, 7) is 6.61. The Hall–Kier alpha value is -0.610. The molecule has 0 aliphatic carbocycles. The average Bonchev–Trinajstić information content (AvgIpc) is 2.86. The number of anilines is 1. The van der Waals surface area contributed by atoms with Crippen LogP contribution in [0, 0.1) is 11.8 Å². The second-order valence-electron chi connectivity index (χ2n) is 5.90. The predicted molar refractivity (Wildman–Crippen MR) is 80.3 cm³/mol. The van der Waals surface area contributed by atoms with Crippen molar-refractivity contribution in [1.29, 1.82) is 0 Å². The van der Waals surface area contributed by atoms with Crippen molar-refractivity contribution >= 4 is 21.6 Å². The Kier molecular flexibility index (Phi) is 3.81. The van der Waals surface area contributed by atoms with Crippen LogP contribution in [-0.2, 0) is 0 Å². The minimum Gasteiger partial charge on any atom is -0.371 e. The van der Waals surface area contributed by atoms with E-state index in [1.807, 2.05) is 0 Å². The summed E-state index contributed by atoms with van der Waals surface area (Å²) in [4.78, 5) is 4.76. The van der Waals surface area contributed by atoms with E-state index in [0.717, 1.165) is 30.7 Å². The third kappa shape index (κ3) is 2.95. The largest absolute Gasteiger partial charge is 0.371 e. The highest BCUT2D eigenvalue weighted by atomic mass is 79.9. The monoisotopic (exact) mass is 326 g/mol. The third-order valence-corrected chi connectivity index (χ3v) is 4.79. The lowest BCUT2D eigenvalue weighted by Gasteiger charge is -2.23. The number of hydrogen-bond donors (Lipinski definition) is 0. The molecule has 0 radical (unpaired) electrons. The first kappa shape index (κ1) is 13.4. The molecule has 2 nitrogen and oxygen atoms in total. The zero-order valence-electron chi connectivity index (χ0n) is 11.2. The Morgan fingerprint density at radius 1 is 1.16 bits per heavy atom. The highest BCUT2D eigenvalue weighted by Gasteiger charge is 2.40. The molecule has 0 N–H and O–H groups in total. The molecular weight excluding hydrogens is 307 g/mol. The maximum Gasteiger partial charge on any atom is 0.110 e. The highest BCUT2D eigenvalue weighted by Crippen LogP contribution is 2.34. The Morgan fingerprint density at radius 2 is 1.74 bits per heavy atom. The Labute approximate surface area is 122 Å². The molecule has 0 saturated carbocycles. The lowest BCUT2D eigenvalue weighted by Crippen LogP contribution is -2.32. The predicted octanol–water partition coefficient (Wildman–Crippen LogP) is 3.18. The summed E-state index contributed by atoms with van der Waals surface area (Å²) in [6.07, 6.45) is -0.707. The third-order valence-electron chi connectivity index (χ3n) is 4.26. The van der Waals surface area contributed by atoms with Crippen LogP contribution in [0.1, 0.15) is 6.92 Å². The lowest BCUT2D eigenvalue weighted by atomic mass is 10.0. The van der Waals surface area contributed by atoms with Crippen molar-refractivity contribution in [1.82, 2.24) is 4.90 Å². The van der Waals surface area contributed by atoms with E-state index in [1.165, 1.54) is 5.69 Å². The molecule has 1 aromatic carbocycles. The molecule has 0 amide bonds. The number of fused-ring (bicyclic) bond motifs is 1. The SMILES string of the molecule is CC(F)CN1CC2CN(c3ccc(Br)cc3)CC2C1. The Morgan fingerprint density at radius 3 is 2.26 bits per heavy atom. The van der Waals surface area contributed by atoms with Gasteiger partial charge in [0, 0.05) is 42.9 Å².